The lowest BCUT2D eigenvalue weighted by Gasteiger charge is -2.46. The Morgan fingerprint density at radius 2 is 1.92 bits per heavy atom. The molecule has 1 saturated carbocycles. The predicted molar refractivity (Wildman–Crippen MR) is 94.9 cm³/mol. The molecule has 0 aromatic rings. The van der Waals surface area contributed by atoms with Gasteiger partial charge in [0.1, 0.15) is 5.70 Å². The van der Waals surface area contributed by atoms with Crippen LogP contribution in [0, 0.1) is 17.8 Å². The van der Waals surface area contributed by atoms with Gasteiger partial charge in [0.25, 0.3) is 0 Å². The maximum absolute atomic E-state index is 12.3. The van der Waals surface area contributed by atoms with Crippen molar-refractivity contribution in [2.24, 2.45) is 17.8 Å². The number of nitrogens with zero attached hydrogens (tertiary/aromatic N) is 2. The minimum Gasteiger partial charge on any atom is -0.477 e. The van der Waals surface area contributed by atoms with Crippen LogP contribution in [0.25, 0.3) is 0 Å². The molecule has 1 aliphatic carbocycles. The number of fused-ring (bicyclic) bond motifs is 1. The van der Waals surface area contributed by atoms with Gasteiger partial charge in [0.05, 0.1) is 18.1 Å². The lowest BCUT2D eigenvalue weighted by Crippen LogP contribution is -2.63. The summed E-state index contributed by atoms with van der Waals surface area (Å²) in [6.45, 7) is 4.78. The second kappa shape index (κ2) is 6.27. The molecule has 2 amide bonds. The monoisotopic (exact) mass is 380 g/mol. The Hall–Kier alpha value is -1.54. The average molecular weight is 380 g/mol. The maximum Gasteiger partial charge on any atom is 0.353 e. The van der Waals surface area contributed by atoms with E-state index in [0.717, 1.165) is 19.3 Å². The summed E-state index contributed by atoms with van der Waals surface area (Å²) in [5.41, 5.74) is 0.0677. The van der Waals surface area contributed by atoms with Crippen molar-refractivity contribution in [2.75, 3.05) is 13.1 Å². The van der Waals surface area contributed by atoms with E-state index in [1.165, 1.54) is 16.7 Å². The third-order valence-electron chi connectivity index (χ3n) is 6.22. The molecule has 0 radical (unpaired) electrons. The molecule has 3 fully saturated rings. The Morgan fingerprint density at radius 1 is 1.27 bits per heavy atom. The van der Waals surface area contributed by atoms with Gasteiger partial charge in [-0.15, -0.1) is 11.8 Å². The highest BCUT2D eigenvalue weighted by atomic mass is 32.2. The van der Waals surface area contributed by atoms with E-state index in [-0.39, 0.29) is 40.6 Å². The highest BCUT2D eigenvalue weighted by molar-refractivity contribution is 8.03. The molecule has 2 saturated heterocycles. The van der Waals surface area contributed by atoms with E-state index < -0.39 is 18.0 Å². The van der Waals surface area contributed by atoms with Crippen LogP contribution in [0.15, 0.2) is 10.6 Å². The number of thioether (sulfide) groups is 1. The number of aliphatic hydroxyl groups excluding tert-OH is 1. The summed E-state index contributed by atoms with van der Waals surface area (Å²) >= 11 is 1.49. The minimum absolute atomic E-state index is 0.0677. The molecule has 0 unspecified atom stereocenters. The molecule has 4 aliphatic rings. The van der Waals surface area contributed by atoms with Gasteiger partial charge in [-0.05, 0) is 19.8 Å². The van der Waals surface area contributed by atoms with E-state index in [4.69, 9.17) is 0 Å². The number of carboxylic acids is 1. The van der Waals surface area contributed by atoms with Crippen LogP contribution in [-0.2, 0) is 14.4 Å². The zero-order valence-corrected chi connectivity index (χ0v) is 15.7. The zero-order valence-electron chi connectivity index (χ0n) is 14.9. The van der Waals surface area contributed by atoms with Crippen LogP contribution in [-0.4, -0.2) is 68.3 Å². The Bertz CT molecular complexity index is 696. The molecule has 7 nitrogen and oxygen atoms in total. The third-order valence-corrected chi connectivity index (χ3v) is 7.67. The number of carbonyl (C=O) groups is 3. The fourth-order valence-electron chi connectivity index (χ4n) is 4.46. The van der Waals surface area contributed by atoms with Gasteiger partial charge >= 0.3 is 5.97 Å². The summed E-state index contributed by atoms with van der Waals surface area (Å²) < 4.78 is 0. The Morgan fingerprint density at radius 3 is 2.42 bits per heavy atom. The molecule has 0 spiro atoms. The molecular weight excluding hydrogens is 356 g/mol. The largest absolute Gasteiger partial charge is 0.477 e. The van der Waals surface area contributed by atoms with E-state index in [2.05, 4.69) is 0 Å². The van der Waals surface area contributed by atoms with E-state index >= 15 is 0 Å². The van der Waals surface area contributed by atoms with Gasteiger partial charge in [-0.25, -0.2) is 4.79 Å². The van der Waals surface area contributed by atoms with Gasteiger partial charge < -0.3 is 20.0 Å². The summed E-state index contributed by atoms with van der Waals surface area (Å²) in [4.78, 5) is 40.2. The standard InChI is InChI=1S/C18H24N2O5S/c1-8-13-12(9(2)21)17(23)20(13)14(18(24)25)15(8)26-11-6-19(7-11)16(22)10-4-3-5-10/h8-13,21H,3-7H2,1-2H3,(H,24,25)/t8-,9-,12-,13-/m1/s1. The summed E-state index contributed by atoms with van der Waals surface area (Å²) in [5.74, 6) is -1.63. The molecule has 4 atom stereocenters. The number of hydrogen-bond donors (Lipinski definition) is 2. The number of hydrogen-bond acceptors (Lipinski definition) is 5. The number of amides is 2. The van der Waals surface area contributed by atoms with Crippen LogP contribution >= 0.6 is 11.8 Å². The molecule has 142 valence electrons. The van der Waals surface area contributed by atoms with E-state index in [1.54, 1.807) is 6.92 Å². The highest BCUT2D eigenvalue weighted by Gasteiger charge is 2.60. The average Bonchev–Trinajstić information content (AvgIpc) is 2.69. The lowest BCUT2D eigenvalue weighted by atomic mass is 9.79. The normalized spacial score (nSPS) is 32.7. The van der Waals surface area contributed by atoms with Crippen molar-refractivity contribution in [3.05, 3.63) is 10.6 Å². The summed E-state index contributed by atoms with van der Waals surface area (Å²) in [6, 6.07) is -0.274. The number of aliphatic hydroxyl groups is 1. The van der Waals surface area contributed by atoms with Gasteiger partial charge in [-0.3, -0.25) is 9.59 Å². The fourth-order valence-corrected chi connectivity index (χ4v) is 5.98. The number of rotatable bonds is 5. The van der Waals surface area contributed by atoms with Crippen LogP contribution in [0.5, 0.6) is 0 Å². The van der Waals surface area contributed by atoms with E-state index in [0.29, 0.717) is 18.0 Å². The molecule has 3 heterocycles. The Balaban J connectivity index is 1.45. The molecule has 8 heteroatoms. The summed E-state index contributed by atoms with van der Waals surface area (Å²) in [6.07, 6.45) is 2.31. The van der Waals surface area contributed by atoms with Gasteiger partial charge in [0.2, 0.25) is 11.8 Å². The minimum atomic E-state index is -1.10. The fraction of sp³-hybridized carbons (Fsp3) is 0.722. The summed E-state index contributed by atoms with van der Waals surface area (Å²) in [5, 5.41) is 19.7. The van der Waals surface area contributed by atoms with E-state index in [9.17, 15) is 24.6 Å². The Kier molecular flexibility index (Phi) is 4.30. The second-order valence-corrected chi connectivity index (χ2v) is 9.23. The number of likely N-dealkylation sites (tertiary alicyclic amines) is 1. The molecule has 0 aromatic carbocycles. The third kappa shape index (κ3) is 2.49. The maximum atomic E-state index is 12.3. The molecule has 3 aliphatic heterocycles. The quantitative estimate of drug-likeness (QED) is 0.687. The van der Waals surface area contributed by atoms with Crippen LogP contribution in [0.1, 0.15) is 33.1 Å². The molecule has 26 heavy (non-hydrogen) atoms. The van der Waals surface area contributed by atoms with Crippen LogP contribution in [0.2, 0.25) is 0 Å². The smallest absolute Gasteiger partial charge is 0.353 e. The molecular formula is C18H24N2O5S. The highest BCUT2D eigenvalue weighted by Crippen LogP contribution is 2.52. The molecule has 4 rings (SSSR count). The first-order chi connectivity index (χ1) is 12.3. The number of aliphatic carboxylic acids is 1. The molecule has 2 N–H and O–H groups in total. The summed E-state index contributed by atoms with van der Waals surface area (Å²) in [7, 11) is 0. The van der Waals surface area contributed by atoms with Crippen molar-refractivity contribution in [1.29, 1.82) is 0 Å². The van der Waals surface area contributed by atoms with Crippen molar-refractivity contribution >= 4 is 29.5 Å². The lowest BCUT2D eigenvalue weighted by molar-refractivity contribution is -0.163. The number of β-lactam (4-membered cyclic amide) rings is 1. The topological polar surface area (TPSA) is 98.2 Å². The van der Waals surface area contributed by atoms with Gasteiger partial charge in [-0.1, -0.05) is 13.3 Å². The first kappa shape index (κ1) is 17.9. The van der Waals surface area contributed by atoms with Crippen LogP contribution < -0.4 is 0 Å². The van der Waals surface area contributed by atoms with Crippen molar-refractivity contribution < 1.29 is 24.6 Å². The second-order valence-electron chi connectivity index (χ2n) is 7.88. The van der Waals surface area contributed by atoms with Gasteiger partial charge in [-0.2, -0.15) is 0 Å². The molecule has 0 bridgehead atoms. The van der Waals surface area contributed by atoms with Crippen LogP contribution in [0.3, 0.4) is 0 Å². The van der Waals surface area contributed by atoms with Crippen molar-refractivity contribution in [3.63, 3.8) is 0 Å². The van der Waals surface area contributed by atoms with Crippen molar-refractivity contribution in [1.82, 2.24) is 9.80 Å². The molecule has 0 aromatic heterocycles. The number of carbonyl (C=O) groups excluding carboxylic acids is 2. The number of carboxylic acid groups (broad SMARTS) is 1. The van der Waals surface area contributed by atoms with Crippen molar-refractivity contribution in [2.45, 2.75) is 50.5 Å². The van der Waals surface area contributed by atoms with Crippen molar-refractivity contribution in [3.8, 4) is 0 Å². The van der Waals surface area contributed by atoms with E-state index in [1.807, 2.05) is 11.8 Å². The predicted octanol–water partition coefficient (Wildman–Crippen LogP) is 0.884. The zero-order chi connectivity index (χ0) is 18.7. The first-order valence-corrected chi connectivity index (χ1v) is 10.1. The first-order valence-electron chi connectivity index (χ1n) is 9.25. The Labute approximate surface area is 156 Å². The van der Waals surface area contributed by atoms with Gasteiger partial charge in [0, 0.05) is 35.1 Å². The van der Waals surface area contributed by atoms with Gasteiger partial charge in [0.15, 0.2) is 0 Å². The SMILES string of the molecule is C[C@@H](O)[C@H]1C(=O)N2C(C(=O)O)=C(SC3CN(C(=O)C4CCC4)C3)[C@H](C)[C@H]12. The van der Waals surface area contributed by atoms with Crippen LogP contribution in [0.4, 0.5) is 0 Å².